The van der Waals surface area contributed by atoms with Gasteiger partial charge in [-0.2, -0.15) is 0 Å². The van der Waals surface area contributed by atoms with Crippen LogP contribution in [-0.4, -0.2) is 32.5 Å². The highest BCUT2D eigenvalue weighted by Crippen LogP contribution is 2.31. The maximum Gasteiger partial charge on any atom is 0.138 e. The fourth-order valence-electron chi connectivity index (χ4n) is 2.46. The van der Waals surface area contributed by atoms with Gasteiger partial charge in [0.1, 0.15) is 12.4 Å². The van der Waals surface area contributed by atoms with Gasteiger partial charge in [0.2, 0.25) is 0 Å². The van der Waals surface area contributed by atoms with E-state index in [9.17, 15) is 0 Å². The molecule has 0 aliphatic carbocycles. The lowest BCUT2D eigenvalue weighted by atomic mass is 9.93. The molecule has 1 aliphatic rings. The van der Waals surface area contributed by atoms with Gasteiger partial charge in [0, 0.05) is 12.8 Å². The van der Waals surface area contributed by atoms with Gasteiger partial charge in [-0.15, -0.1) is 0 Å². The number of halogens is 1. The first-order chi connectivity index (χ1) is 9.60. The Morgan fingerprint density at radius 2 is 2.25 bits per heavy atom. The molecular formula is C16H23ClN2O. The highest BCUT2D eigenvalue weighted by atomic mass is 35.5. The van der Waals surface area contributed by atoms with Crippen LogP contribution >= 0.6 is 11.6 Å². The minimum atomic E-state index is 0.383. The van der Waals surface area contributed by atoms with Crippen molar-refractivity contribution < 1.29 is 4.74 Å². The van der Waals surface area contributed by atoms with Gasteiger partial charge in [-0.25, -0.2) is 0 Å². The molecule has 0 saturated carbocycles. The van der Waals surface area contributed by atoms with E-state index in [0.29, 0.717) is 23.6 Å². The molecule has 110 valence electrons. The minimum Gasteiger partial charge on any atom is -0.491 e. The number of nitrogens with zero attached hydrogens (tertiary/aromatic N) is 1. The maximum absolute atomic E-state index is 6.25. The van der Waals surface area contributed by atoms with E-state index in [1.165, 1.54) is 5.56 Å². The maximum atomic E-state index is 6.25. The molecule has 0 fully saturated rings. The van der Waals surface area contributed by atoms with Crippen LogP contribution in [0, 0.1) is 5.92 Å². The zero-order valence-electron chi connectivity index (χ0n) is 12.4. The van der Waals surface area contributed by atoms with Crippen molar-refractivity contribution in [3.05, 3.63) is 28.3 Å². The molecule has 4 heteroatoms. The Morgan fingerprint density at radius 3 is 2.95 bits per heavy atom. The lowest BCUT2D eigenvalue weighted by molar-refractivity contribution is 0.318. The van der Waals surface area contributed by atoms with E-state index in [0.717, 1.165) is 30.7 Å². The number of likely N-dealkylation sites (N-methyl/N-ethyl adjacent to an activating group) is 1. The van der Waals surface area contributed by atoms with Crippen LogP contribution in [0.4, 0.5) is 0 Å². The number of aliphatic imine (C=N–C) groups is 1. The summed E-state index contributed by atoms with van der Waals surface area (Å²) in [6, 6.07) is 4.42. The zero-order chi connectivity index (χ0) is 14.5. The summed E-state index contributed by atoms with van der Waals surface area (Å²) in [4.78, 5) is 4.62. The molecule has 0 bridgehead atoms. The second-order valence-corrected chi connectivity index (χ2v) is 6.11. The van der Waals surface area contributed by atoms with E-state index in [-0.39, 0.29) is 0 Å². The van der Waals surface area contributed by atoms with Crippen LogP contribution in [0.3, 0.4) is 0 Å². The Kier molecular flexibility index (Phi) is 5.44. The van der Waals surface area contributed by atoms with E-state index < -0.39 is 0 Å². The van der Waals surface area contributed by atoms with Crippen LogP contribution in [0.2, 0.25) is 5.02 Å². The van der Waals surface area contributed by atoms with Gasteiger partial charge in [0.05, 0.1) is 11.1 Å². The quantitative estimate of drug-likeness (QED) is 0.817. The normalized spacial score (nSPS) is 17.4. The van der Waals surface area contributed by atoms with Gasteiger partial charge in [0.25, 0.3) is 0 Å². The van der Waals surface area contributed by atoms with Crippen molar-refractivity contribution in [1.82, 2.24) is 5.32 Å². The summed E-state index contributed by atoms with van der Waals surface area (Å²) in [5.41, 5.74) is 2.41. The highest BCUT2D eigenvalue weighted by molar-refractivity contribution is 6.32. The Balaban J connectivity index is 2.11. The van der Waals surface area contributed by atoms with Gasteiger partial charge >= 0.3 is 0 Å². The van der Waals surface area contributed by atoms with Crippen LogP contribution in [-0.2, 0) is 6.42 Å². The number of hydrogen-bond acceptors (Lipinski definition) is 3. The van der Waals surface area contributed by atoms with Crippen LogP contribution < -0.4 is 10.1 Å². The molecule has 0 aromatic heterocycles. The molecule has 1 unspecified atom stereocenters. The smallest absolute Gasteiger partial charge is 0.138 e. The Bertz CT molecular complexity index is 486. The predicted molar refractivity (Wildman–Crippen MR) is 85.4 cm³/mol. The van der Waals surface area contributed by atoms with Crippen LogP contribution in [0.5, 0.6) is 5.75 Å². The summed E-state index contributed by atoms with van der Waals surface area (Å²) < 4.78 is 5.72. The second-order valence-electron chi connectivity index (χ2n) is 5.70. The molecule has 1 N–H and O–H groups in total. The molecule has 0 amide bonds. The monoisotopic (exact) mass is 294 g/mol. The number of rotatable bonds is 6. The standard InChI is InChI=1S/C16H23ClN2O/c1-11(2)6-14-7-12-9-16(20-5-4-18-3)15(17)8-13(12)10-19-14/h8-11,14,18H,4-7H2,1-3H3. The van der Waals surface area contributed by atoms with Crippen molar-refractivity contribution in [2.24, 2.45) is 10.9 Å². The van der Waals surface area contributed by atoms with Crippen molar-refractivity contribution in [2.75, 3.05) is 20.2 Å². The molecular weight excluding hydrogens is 272 g/mol. The summed E-state index contributed by atoms with van der Waals surface area (Å²) in [5, 5.41) is 3.72. The van der Waals surface area contributed by atoms with Gasteiger partial charge < -0.3 is 10.1 Å². The van der Waals surface area contributed by atoms with E-state index in [2.05, 4.69) is 30.2 Å². The summed E-state index contributed by atoms with van der Waals surface area (Å²) in [6.45, 7) is 5.90. The molecule has 3 nitrogen and oxygen atoms in total. The first-order valence-corrected chi connectivity index (χ1v) is 7.61. The topological polar surface area (TPSA) is 33.6 Å². The zero-order valence-corrected chi connectivity index (χ0v) is 13.2. The minimum absolute atomic E-state index is 0.383. The molecule has 0 radical (unpaired) electrons. The van der Waals surface area contributed by atoms with Gasteiger partial charge in [-0.05, 0) is 49.1 Å². The van der Waals surface area contributed by atoms with Crippen molar-refractivity contribution in [3.63, 3.8) is 0 Å². The van der Waals surface area contributed by atoms with E-state index in [1.54, 1.807) is 0 Å². The number of benzene rings is 1. The third kappa shape index (κ3) is 3.97. The molecule has 2 rings (SSSR count). The van der Waals surface area contributed by atoms with Crippen LogP contribution in [0.1, 0.15) is 31.4 Å². The molecule has 0 saturated heterocycles. The number of hydrogen-bond donors (Lipinski definition) is 1. The summed E-state index contributed by atoms with van der Waals surface area (Å²) >= 11 is 6.25. The largest absolute Gasteiger partial charge is 0.491 e. The first kappa shape index (κ1) is 15.3. The fourth-order valence-corrected chi connectivity index (χ4v) is 2.69. The van der Waals surface area contributed by atoms with Crippen molar-refractivity contribution in [2.45, 2.75) is 32.7 Å². The Morgan fingerprint density at radius 1 is 1.45 bits per heavy atom. The molecule has 1 aromatic rings. The number of nitrogens with one attached hydrogen (secondary N) is 1. The fraction of sp³-hybridized carbons (Fsp3) is 0.562. The molecule has 1 heterocycles. The van der Waals surface area contributed by atoms with Gasteiger partial charge in [0.15, 0.2) is 0 Å². The summed E-state index contributed by atoms with van der Waals surface area (Å²) in [5.74, 6) is 1.44. The Labute approximate surface area is 126 Å². The molecule has 1 aromatic carbocycles. The third-order valence-electron chi connectivity index (χ3n) is 3.43. The SMILES string of the molecule is CNCCOc1cc2c(cc1Cl)C=NC(CC(C)C)C2. The van der Waals surface area contributed by atoms with Gasteiger partial charge in [-0.1, -0.05) is 25.4 Å². The van der Waals surface area contributed by atoms with Crippen molar-refractivity contribution >= 4 is 17.8 Å². The average molecular weight is 295 g/mol. The van der Waals surface area contributed by atoms with E-state index in [1.807, 2.05) is 19.3 Å². The van der Waals surface area contributed by atoms with Gasteiger partial charge in [-0.3, -0.25) is 4.99 Å². The average Bonchev–Trinajstić information content (AvgIpc) is 2.39. The number of fused-ring (bicyclic) bond motifs is 1. The van der Waals surface area contributed by atoms with E-state index >= 15 is 0 Å². The highest BCUT2D eigenvalue weighted by Gasteiger charge is 2.18. The van der Waals surface area contributed by atoms with Crippen molar-refractivity contribution in [3.8, 4) is 5.75 Å². The van der Waals surface area contributed by atoms with E-state index in [4.69, 9.17) is 16.3 Å². The third-order valence-corrected chi connectivity index (χ3v) is 3.72. The van der Waals surface area contributed by atoms with Crippen LogP contribution in [0.15, 0.2) is 17.1 Å². The predicted octanol–water partition coefficient (Wildman–Crippen LogP) is 3.33. The molecule has 1 atom stereocenters. The van der Waals surface area contributed by atoms with Crippen molar-refractivity contribution in [1.29, 1.82) is 0 Å². The second kappa shape index (κ2) is 7.09. The van der Waals surface area contributed by atoms with Crippen LogP contribution in [0.25, 0.3) is 0 Å². The lowest BCUT2D eigenvalue weighted by Crippen LogP contribution is -2.18. The lowest BCUT2D eigenvalue weighted by Gasteiger charge is -2.21. The summed E-state index contributed by atoms with van der Waals surface area (Å²) in [6.07, 6.45) is 4.05. The molecule has 0 spiro atoms. The number of ether oxygens (including phenoxy) is 1. The Hall–Kier alpha value is -1.06. The molecule has 1 aliphatic heterocycles. The first-order valence-electron chi connectivity index (χ1n) is 7.23. The molecule has 20 heavy (non-hydrogen) atoms. The summed E-state index contributed by atoms with van der Waals surface area (Å²) in [7, 11) is 1.91.